The van der Waals surface area contributed by atoms with Gasteiger partial charge in [-0.3, -0.25) is 4.98 Å². The molecule has 7 heteroatoms. The average Bonchev–Trinajstić information content (AvgIpc) is 2.45. The minimum absolute atomic E-state index is 0.202. The van der Waals surface area contributed by atoms with Crippen LogP contribution in [-0.4, -0.2) is 39.6 Å². The summed E-state index contributed by atoms with van der Waals surface area (Å²) in [6, 6.07) is 1.63. The normalized spacial score (nSPS) is 10.0. The molecule has 0 aliphatic heterocycles. The molecule has 0 aliphatic carbocycles. The first-order valence-electron chi connectivity index (χ1n) is 5.50. The lowest BCUT2D eigenvalue weighted by Gasteiger charge is -2.06. The Labute approximate surface area is 109 Å². The fourth-order valence-electron chi connectivity index (χ4n) is 1.33. The fraction of sp³-hybridized carbons (Fsp3) is 0.250. The van der Waals surface area contributed by atoms with Crippen molar-refractivity contribution >= 4 is 5.97 Å². The molecule has 2 heterocycles. The van der Waals surface area contributed by atoms with Crippen LogP contribution in [0.25, 0.3) is 11.5 Å². The van der Waals surface area contributed by atoms with Gasteiger partial charge in [-0.2, -0.15) is 4.98 Å². The van der Waals surface area contributed by atoms with E-state index in [9.17, 15) is 4.79 Å². The summed E-state index contributed by atoms with van der Waals surface area (Å²) < 4.78 is 9.72. The van der Waals surface area contributed by atoms with Crippen LogP contribution in [-0.2, 0) is 9.53 Å². The molecule has 0 aromatic carbocycles. The molecule has 0 unspecified atom stereocenters. The third-order valence-electron chi connectivity index (χ3n) is 2.19. The van der Waals surface area contributed by atoms with Crippen LogP contribution >= 0.6 is 0 Å². The molecule has 19 heavy (non-hydrogen) atoms. The maximum absolute atomic E-state index is 11.0. The van der Waals surface area contributed by atoms with Gasteiger partial charge in [0.1, 0.15) is 5.69 Å². The van der Waals surface area contributed by atoms with Gasteiger partial charge >= 0.3 is 5.97 Å². The van der Waals surface area contributed by atoms with Crippen molar-refractivity contribution in [1.82, 2.24) is 19.9 Å². The van der Waals surface area contributed by atoms with E-state index < -0.39 is 5.97 Å². The zero-order valence-corrected chi connectivity index (χ0v) is 10.5. The second kappa shape index (κ2) is 5.85. The van der Waals surface area contributed by atoms with Gasteiger partial charge in [0.05, 0.1) is 13.3 Å². The molecule has 0 fully saturated rings. The summed E-state index contributed by atoms with van der Waals surface area (Å²) in [4.78, 5) is 27.5. The Kier molecular flexibility index (Phi) is 3.97. The summed E-state index contributed by atoms with van der Waals surface area (Å²) in [5.41, 5.74) is 1.24. The monoisotopic (exact) mass is 260 g/mol. The Balaban J connectivity index is 2.22. The van der Waals surface area contributed by atoms with Crippen LogP contribution in [0.5, 0.6) is 5.88 Å². The third-order valence-corrected chi connectivity index (χ3v) is 2.19. The summed E-state index contributed by atoms with van der Waals surface area (Å²) >= 11 is 0. The highest BCUT2D eigenvalue weighted by molar-refractivity contribution is 5.70. The summed E-state index contributed by atoms with van der Waals surface area (Å²) in [6.45, 7) is 1.60. The summed E-state index contributed by atoms with van der Waals surface area (Å²) in [6.07, 6.45) is 4.67. The van der Waals surface area contributed by atoms with Crippen LogP contribution in [0.1, 0.15) is 5.69 Å². The molecular formula is C12H12N4O3. The third kappa shape index (κ3) is 3.44. The SMILES string of the molecule is COC(=O)COc1cc(C)nc(-c2cnccn2)n1. The number of methoxy groups -OCH3 is 1. The van der Waals surface area contributed by atoms with E-state index in [1.54, 1.807) is 31.6 Å². The van der Waals surface area contributed by atoms with Crippen molar-refractivity contribution in [2.75, 3.05) is 13.7 Å². The molecular weight excluding hydrogens is 248 g/mol. The van der Waals surface area contributed by atoms with Gasteiger partial charge in [-0.1, -0.05) is 0 Å². The number of rotatable bonds is 4. The van der Waals surface area contributed by atoms with Gasteiger partial charge in [0.15, 0.2) is 12.4 Å². The molecule has 0 amide bonds. The predicted octanol–water partition coefficient (Wildman–Crippen LogP) is 0.794. The van der Waals surface area contributed by atoms with E-state index in [0.29, 0.717) is 23.1 Å². The quantitative estimate of drug-likeness (QED) is 0.751. The van der Waals surface area contributed by atoms with E-state index in [1.807, 2.05) is 0 Å². The summed E-state index contributed by atoms with van der Waals surface area (Å²) in [7, 11) is 1.29. The van der Waals surface area contributed by atoms with E-state index in [4.69, 9.17) is 4.74 Å². The molecule has 0 radical (unpaired) electrons. The molecule has 0 spiro atoms. The van der Waals surface area contributed by atoms with Gasteiger partial charge in [0, 0.05) is 24.2 Å². The molecule has 0 atom stereocenters. The lowest BCUT2D eigenvalue weighted by Crippen LogP contribution is -2.13. The number of hydrogen-bond donors (Lipinski definition) is 0. The number of nitrogens with zero attached hydrogens (tertiary/aromatic N) is 4. The second-order valence-corrected chi connectivity index (χ2v) is 3.63. The highest BCUT2D eigenvalue weighted by atomic mass is 16.6. The van der Waals surface area contributed by atoms with Crippen LogP contribution in [0.2, 0.25) is 0 Å². The van der Waals surface area contributed by atoms with Gasteiger partial charge < -0.3 is 9.47 Å². The van der Waals surface area contributed by atoms with Crippen molar-refractivity contribution in [1.29, 1.82) is 0 Å². The predicted molar refractivity (Wildman–Crippen MR) is 65.3 cm³/mol. The number of carbonyl (C=O) groups excluding carboxylic acids is 1. The van der Waals surface area contributed by atoms with Gasteiger partial charge in [-0.15, -0.1) is 0 Å². The zero-order chi connectivity index (χ0) is 13.7. The van der Waals surface area contributed by atoms with E-state index in [-0.39, 0.29) is 6.61 Å². The number of aryl methyl sites for hydroxylation is 1. The maximum atomic E-state index is 11.0. The van der Waals surface area contributed by atoms with E-state index >= 15 is 0 Å². The first-order valence-corrected chi connectivity index (χ1v) is 5.50. The Morgan fingerprint density at radius 2 is 2.16 bits per heavy atom. The van der Waals surface area contributed by atoms with Crippen LogP contribution in [0.15, 0.2) is 24.7 Å². The molecule has 0 aliphatic rings. The Hall–Kier alpha value is -2.57. The highest BCUT2D eigenvalue weighted by Crippen LogP contribution is 2.16. The van der Waals surface area contributed by atoms with Gasteiger partial charge in [-0.25, -0.2) is 14.8 Å². The van der Waals surface area contributed by atoms with Crippen LogP contribution < -0.4 is 4.74 Å². The number of aromatic nitrogens is 4. The Morgan fingerprint density at radius 3 is 2.84 bits per heavy atom. The smallest absolute Gasteiger partial charge is 0.343 e. The standard InChI is InChI=1S/C12H12N4O3/c1-8-5-10(19-7-11(17)18-2)16-12(15-8)9-6-13-3-4-14-9/h3-6H,7H2,1-2H3. The Bertz CT molecular complexity index is 574. The summed E-state index contributed by atoms with van der Waals surface area (Å²) in [5.74, 6) is 0.212. The minimum atomic E-state index is -0.475. The zero-order valence-electron chi connectivity index (χ0n) is 10.5. The van der Waals surface area contributed by atoms with E-state index in [1.165, 1.54) is 7.11 Å². The maximum Gasteiger partial charge on any atom is 0.343 e. The van der Waals surface area contributed by atoms with Gasteiger partial charge in [-0.05, 0) is 6.92 Å². The molecule has 2 rings (SSSR count). The number of ether oxygens (including phenoxy) is 2. The summed E-state index contributed by atoms with van der Waals surface area (Å²) in [5, 5.41) is 0. The average molecular weight is 260 g/mol. The first-order chi connectivity index (χ1) is 9.19. The van der Waals surface area contributed by atoms with Crippen molar-refractivity contribution in [3.05, 3.63) is 30.4 Å². The molecule has 2 aromatic rings. The van der Waals surface area contributed by atoms with Crippen LogP contribution in [0.3, 0.4) is 0 Å². The van der Waals surface area contributed by atoms with E-state index in [2.05, 4.69) is 24.7 Å². The molecule has 0 saturated heterocycles. The molecule has 0 saturated carbocycles. The van der Waals surface area contributed by atoms with Crippen molar-refractivity contribution in [3.63, 3.8) is 0 Å². The van der Waals surface area contributed by atoms with Gasteiger partial charge in [0.2, 0.25) is 5.88 Å². The first kappa shape index (κ1) is 12.9. The van der Waals surface area contributed by atoms with E-state index in [0.717, 1.165) is 0 Å². The van der Waals surface area contributed by atoms with Crippen molar-refractivity contribution < 1.29 is 14.3 Å². The second-order valence-electron chi connectivity index (χ2n) is 3.63. The lowest BCUT2D eigenvalue weighted by atomic mass is 10.3. The largest absolute Gasteiger partial charge is 0.466 e. The lowest BCUT2D eigenvalue weighted by molar-refractivity contribution is -0.143. The van der Waals surface area contributed by atoms with Gasteiger partial charge in [0.25, 0.3) is 0 Å². The minimum Gasteiger partial charge on any atom is -0.466 e. The Morgan fingerprint density at radius 1 is 1.32 bits per heavy atom. The highest BCUT2D eigenvalue weighted by Gasteiger charge is 2.09. The molecule has 7 nitrogen and oxygen atoms in total. The van der Waals surface area contributed by atoms with Crippen LogP contribution in [0, 0.1) is 6.92 Å². The number of hydrogen-bond acceptors (Lipinski definition) is 7. The van der Waals surface area contributed by atoms with Crippen molar-refractivity contribution in [2.45, 2.75) is 6.92 Å². The number of esters is 1. The fourth-order valence-corrected chi connectivity index (χ4v) is 1.33. The van der Waals surface area contributed by atoms with Crippen LogP contribution in [0.4, 0.5) is 0 Å². The molecule has 0 N–H and O–H groups in total. The van der Waals surface area contributed by atoms with Crippen molar-refractivity contribution in [3.8, 4) is 17.4 Å². The number of carbonyl (C=O) groups is 1. The molecule has 2 aromatic heterocycles. The van der Waals surface area contributed by atoms with Crippen molar-refractivity contribution in [2.24, 2.45) is 0 Å². The molecule has 98 valence electrons. The topological polar surface area (TPSA) is 87.1 Å². The molecule has 0 bridgehead atoms.